The van der Waals surface area contributed by atoms with E-state index in [0.717, 1.165) is 5.56 Å². The van der Waals surface area contributed by atoms with Crippen molar-refractivity contribution in [2.24, 2.45) is 0 Å². The van der Waals surface area contributed by atoms with E-state index in [-0.39, 0.29) is 5.91 Å². The normalized spacial score (nSPS) is 9.88. The molecular formula is C18H18N2O3S. The van der Waals surface area contributed by atoms with Crippen molar-refractivity contribution in [2.45, 2.75) is 5.75 Å². The van der Waals surface area contributed by atoms with Crippen LogP contribution in [0.25, 0.3) is 0 Å². The average molecular weight is 342 g/mol. The first-order chi connectivity index (χ1) is 11.6. The Hall–Kier alpha value is -2.65. The predicted octanol–water partition coefficient (Wildman–Crippen LogP) is 3.45. The second-order valence-electron chi connectivity index (χ2n) is 4.95. The van der Waals surface area contributed by atoms with Gasteiger partial charge in [0, 0.05) is 29.6 Å². The van der Waals surface area contributed by atoms with Crippen LogP contribution in [-0.2, 0) is 10.5 Å². The highest BCUT2D eigenvalue weighted by Gasteiger charge is 2.07. The maximum absolute atomic E-state index is 12.0. The fraction of sp³-hybridized carbons (Fsp3) is 0.222. The Kier molecular flexibility index (Phi) is 6.52. The molecule has 0 unspecified atom stereocenters. The quantitative estimate of drug-likeness (QED) is 0.834. The molecule has 0 aromatic heterocycles. The van der Waals surface area contributed by atoms with Crippen LogP contribution in [0.15, 0.2) is 42.5 Å². The summed E-state index contributed by atoms with van der Waals surface area (Å²) in [6, 6.07) is 14.7. The van der Waals surface area contributed by atoms with E-state index in [9.17, 15) is 4.79 Å². The van der Waals surface area contributed by atoms with Crippen LogP contribution < -0.4 is 14.8 Å². The number of nitrogens with zero attached hydrogens (tertiary/aromatic N) is 1. The van der Waals surface area contributed by atoms with E-state index in [1.54, 1.807) is 44.6 Å². The van der Waals surface area contributed by atoms with Crippen LogP contribution in [0.3, 0.4) is 0 Å². The Morgan fingerprint density at radius 1 is 1.12 bits per heavy atom. The number of amides is 1. The molecule has 1 amide bonds. The molecule has 2 aromatic carbocycles. The van der Waals surface area contributed by atoms with Gasteiger partial charge in [0.05, 0.1) is 31.6 Å². The summed E-state index contributed by atoms with van der Waals surface area (Å²) in [7, 11) is 3.13. The molecule has 6 heteroatoms. The lowest BCUT2D eigenvalue weighted by Gasteiger charge is -2.10. The fourth-order valence-electron chi connectivity index (χ4n) is 2.01. The van der Waals surface area contributed by atoms with E-state index >= 15 is 0 Å². The number of benzene rings is 2. The van der Waals surface area contributed by atoms with Gasteiger partial charge in [-0.05, 0) is 17.7 Å². The van der Waals surface area contributed by atoms with Crippen molar-refractivity contribution in [3.63, 3.8) is 0 Å². The molecular weight excluding hydrogens is 324 g/mol. The second kappa shape index (κ2) is 8.85. The van der Waals surface area contributed by atoms with Gasteiger partial charge in [0.2, 0.25) is 5.91 Å². The summed E-state index contributed by atoms with van der Waals surface area (Å²) < 4.78 is 10.4. The van der Waals surface area contributed by atoms with Gasteiger partial charge in [0.25, 0.3) is 0 Å². The Morgan fingerprint density at radius 3 is 2.29 bits per heavy atom. The van der Waals surface area contributed by atoms with Crippen LogP contribution in [0.2, 0.25) is 0 Å². The third kappa shape index (κ3) is 5.21. The molecule has 0 spiro atoms. The van der Waals surface area contributed by atoms with E-state index < -0.39 is 0 Å². The van der Waals surface area contributed by atoms with Gasteiger partial charge in [-0.3, -0.25) is 4.79 Å². The maximum atomic E-state index is 12.0. The van der Waals surface area contributed by atoms with Crippen molar-refractivity contribution in [1.29, 1.82) is 5.26 Å². The minimum absolute atomic E-state index is 0.0936. The molecule has 24 heavy (non-hydrogen) atoms. The van der Waals surface area contributed by atoms with E-state index in [1.807, 2.05) is 12.1 Å². The zero-order valence-electron chi connectivity index (χ0n) is 13.5. The molecule has 2 rings (SSSR count). The topological polar surface area (TPSA) is 71.3 Å². The van der Waals surface area contributed by atoms with E-state index in [0.29, 0.717) is 34.3 Å². The molecule has 0 heterocycles. The second-order valence-corrected chi connectivity index (χ2v) is 5.94. The molecule has 5 nitrogen and oxygen atoms in total. The Balaban J connectivity index is 1.85. The first-order valence-corrected chi connectivity index (χ1v) is 8.40. The number of hydrogen-bond acceptors (Lipinski definition) is 5. The number of thioether (sulfide) groups is 1. The number of ether oxygens (including phenoxy) is 2. The molecule has 0 bridgehead atoms. The summed E-state index contributed by atoms with van der Waals surface area (Å²) in [5.41, 5.74) is 2.35. The van der Waals surface area contributed by atoms with Crippen LogP contribution in [0.1, 0.15) is 11.1 Å². The summed E-state index contributed by atoms with van der Waals surface area (Å²) in [4.78, 5) is 12.0. The van der Waals surface area contributed by atoms with Crippen LogP contribution >= 0.6 is 11.8 Å². The molecule has 0 aliphatic heterocycles. The summed E-state index contributed by atoms with van der Waals surface area (Å²) in [6.07, 6.45) is 0. The van der Waals surface area contributed by atoms with Gasteiger partial charge >= 0.3 is 0 Å². The van der Waals surface area contributed by atoms with Crippen LogP contribution in [-0.4, -0.2) is 25.9 Å². The van der Waals surface area contributed by atoms with Crippen molar-refractivity contribution < 1.29 is 14.3 Å². The van der Waals surface area contributed by atoms with Gasteiger partial charge in [-0.2, -0.15) is 5.26 Å². The third-order valence-electron chi connectivity index (χ3n) is 3.22. The standard InChI is InChI=1S/C18H18N2O3S/c1-22-16-7-15(8-17(9-16)23-2)20-18(21)12-24-11-14-5-3-13(10-19)4-6-14/h3-9H,11-12H2,1-2H3,(H,20,21). The highest BCUT2D eigenvalue weighted by molar-refractivity contribution is 7.99. The number of anilines is 1. The minimum atomic E-state index is -0.0936. The molecule has 0 saturated carbocycles. The first-order valence-electron chi connectivity index (χ1n) is 7.24. The van der Waals surface area contributed by atoms with Gasteiger partial charge < -0.3 is 14.8 Å². The van der Waals surface area contributed by atoms with E-state index in [4.69, 9.17) is 14.7 Å². The Bertz CT molecular complexity index is 717. The summed E-state index contributed by atoms with van der Waals surface area (Å²) in [5.74, 6) is 2.19. The Labute approximate surface area is 145 Å². The van der Waals surface area contributed by atoms with Crippen molar-refractivity contribution >= 4 is 23.4 Å². The third-order valence-corrected chi connectivity index (χ3v) is 4.22. The highest BCUT2D eigenvalue weighted by Crippen LogP contribution is 2.26. The van der Waals surface area contributed by atoms with Crippen molar-refractivity contribution in [1.82, 2.24) is 0 Å². The number of hydrogen-bond donors (Lipinski definition) is 1. The lowest BCUT2D eigenvalue weighted by molar-refractivity contribution is -0.113. The van der Waals surface area contributed by atoms with Crippen LogP contribution in [0.4, 0.5) is 5.69 Å². The van der Waals surface area contributed by atoms with Gasteiger partial charge in [0.1, 0.15) is 11.5 Å². The van der Waals surface area contributed by atoms with Gasteiger partial charge in [0.15, 0.2) is 0 Å². The lowest BCUT2D eigenvalue weighted by Crippen LogP contribution is -2.14. The molecule has 2 aromatic rings. The summed E-state index contributed by atoms with van der Waals surface area (Å²) >= 11 is 1.51. The zero-order valence-corrected chi connectivity index (χ0v) is 14.4. The number of rotatable bonds is 7. The van der Waals surface area contributed by atoms with E-state index in [2.05, 4.69) is 11.4 Å². The maximum Gasteiger partial charge on any atom is 0.234 e. The number of nitrogens with one attached hydrogen (secondary N) is 1. The molecule has 0 radical (unpaired) electrons. The zero-order chi connectivity index (χ0) is 17.4. The number of carbonyl (C=O) groups is 1. The van der Waals surface area contributed by atoms with Crippen LogP contribution in [0, 0.1) is 11.3 Å². The van der Waals surface area contributed by atoms with E-state index in [1.165, 1.54) is 11.8 Å². The highest BCUT2D eigenvalue weighted by atomic mass is 32.2. The SMILES string of the molecule is COc1cc(NC(=O)CSCc2ccc(C#N)cc2)cc(OC)c1. The molecule has 0 atom stereocenters. The molecule has 0 aliphatic rings. The van der Waals surface area contributed by atoms with Gasteiger partial charge in [-0.15, -0.1) is 11.8 Å². The molecule has 1 N–H and O–H groups in total. The monoisotopic (exact) mass is 342 g/mol. The van der Waals surface area contributed by atoms with Crippen molar-refractivity contribution in [3.05, 3.63) is 53.6 Å². The van der Waals surface area contributed by atoms with Crippen molar-refractivity contribution in [2.75, 3.05) is 25.3 Å². The van der Waals surface area contributed by atoms with Gasteiger partial charge in [-0.25, -0.2) is 0 Å². The van der Waals surface area contributed by atoms with Crippen LogP contribution in [0.5, 0.6) is 11.5 Å². The largest absolute Gasteiger partial charge is 0.497 e. The molecule has 0 saturated heterocycles. The number of methoxy groups -OCH3 is 2. The summed E-state index contributed by atoms with van der Waals surface area (Å²) in [6.45, 7) is 0. The number of nitriles is 1. The minimum Gasteiger partial charge on any atom is -0.497 e. The smallest absolute Gasteiger partial charge is 0.234 e. The van der Waals surface area contributed by atoms with Gasteiger partial charge in [-0.1, -0.05) is 12.1 Å². The molecule has 0 aliphatic carbocycles. The van der Waals surface area contributed by atoms with Crippen molar-refractivity contribution in [3.8, 4) is 17.6 Å². The fourth-order valence-corrected chi connectivity index (χ4v) is 2.80. The Morgan fingerprint density at radius 2 is 1.75 bits per heavy atom. The first kappa shape index (κ1) is 17.7. The lowest BCUT2D eigenvalue weighted by atomic mass is 10.2. The average Bonchev–Trinajstić information content (AvgIpc) is 2.61. The molecule has 124 valence electrons. The number of carbonyl (C=O) groups excluding carboxylic acids is 1. The summed E-state index contributed by atoms with van der Waals surface area (Å²) in [5, 5.41) is 11.6. The predicted molar refractivity (Wildman–Crippen MR) is 95.5 cm³/mol. The molecule has 0 fully saturated rings.